The average Bonchev–Trinajstić information content (AvgIpc) is 2.16. The standard InChI is InChI=1S/C10H10O3S/c1-6(12)9-8(14-2)4-3-7(5-11)10(9)13/h3-5,13H,1-2H3. The molecule has 0 unspecified atom stereocenters. The normalized spacial score (nSPS) is 9.86. The second-order valence-electron chi connectivity index (χ2n) is 2.75. The number of aldehydes is 1. The summed E-state index contributed by atoms with van der Waals surface area (Å²) in [5.41, 5.74) is 0.370. The minimum absolute atomic E-state index is 0.146. The summed E-state index contributed by atoms with van der Waals surface area (Å²) in [4.78, 5) is 22.4. The van der Waals surface area contributed by atoms with Crippen molar-refractivity contribution in [1.29, 1.82) is 0 Å². The van der Waals surface area contributed by atoms with E-state index in [1.54, 1.807) is 6.07 Å². The van der Waals surface area contributed by atoms with Crippen molar-refractivity contribution in [3.8, 4) is 5.75 Å². The number of phenols is 1. The molecular weight excluding hydrogens is 200 g/mol. The van der Waals surface area contributed by atoms with Gasteiger partial charge in [0.15, 0.2) is 12.1 Å². The summed E-state index contributed by atoms with van der Waals surface area (Å²) >= 11 is 1.36. The van der Waals surface area contributed by atoms with Crippen molar-refractivity contribution >= 4 is 23.8 Å². The van der Waals surface area contributed by atoms with Crippen LogP contribution in [0.5, 0.6) is 5.75 Å². The number of hydrogen-bond donors (Lipinski definition) is 1. The summed E-state index contributed by atoms with van der Waals surface area (Å²) < 4.78 is 0. The van der Waals surface area contributed by atoms with Gasteiger partial charge in [0.1, 0.15) is 5.75 Å². The summed E-state index contributed by atoms with van der Waals surface area (Å²) in [7, 11) is 0. The summed E-state index contributed by atoms with van der Waals surface area (Å²) in [6, 6.07) is 3.16. The zero-order valence-corrected chi connectivity index (χ0v) is 8.72. The third kappa shape index (κ3) is 1.80. The van der Waals surface area contributed by atoms with Crippen molar-refractivity contribution in [3.05, 3.63) is 23.3 Å². The van der Waals surface area contributed by atoms with Gasteiger partial charge in [0.2, 0.25) is 0 Å². The molecule has 0 saturated carbocycles. The Morgan fingerprint density at radius 1 is 1.50 bits per heavy atom. The van der Waals surface area contributed by atoms with Gasteiger partial charge in [0.05, 0.1) is 11.1 Å². The first-order chi connectivity index (χ1) is 6.61. The van der Waals surface area contributed by atoms with E-state index in [9.17, 15) is 14.7 Å². The van der Waals surface area contributed by atoms with E-state index >= 15 is 0 Å². The van der Waals surface area contributed by atoms with E-state index in [0.717, 1.165) is 0 Å². The molecular formula is C10H10O3S. The maximum Gasteiger partial charge on any atom is 0.164 e. The molecule has 74 valence electrons. The quantitative estimate of drug-likeness (QED) is 0.471. The van der Waals surface area contributed by atoms with E-state index in [1.165, 1.54) is 24.8 Å². The van der Waals surface area contributed by atoms with Crippen molar-refractivity contribution in [2.24, 2.45) is 0 Å². The van der Waals surface area contributed by atoms with Crippen LogP contribution in [0, 0.1) is 0 Å². The lowest BCUT2D eigenvalue weighted by Crippen LogP contribution is -1.98. The van der Waals surface area contributed by atoms with Crippen LogP contribution in [0.25, 0.3) is 0 Å². The van der Waals surface area contributed by atoms with Crippen LogP contribution < -0.4 is 0 Å². The lowest BCUT2D eigenvalue weighted by Gasteiger charge is -2.07. The van der Waals surface area contributed by atoms with Crippen molar-refractivity contribution in [3.63, 3.8) is 0 Å². The van der Waals surface area contributed by atoms with E-state index < -0.39 is 0 Å². The van der Waals surface area contributed by atoms with Crippen molar-refractivity contribution in [2.45, 2.75) is 11.8 Å². The smallest absolute Gasteiger partial charge is 0.164 e. The number of aromatic hydroxyl groups is 1. The highest BCUT2D eigenvalue weighted by atomic mass is 32.2. The van der Waals surface area contributed by atoms with Crippen molar-refractivity contribution in [1.82, 2.24) is 0 Å². The number of thioether (sulfide) groups is 1. The summed E-state index contributed by atoms with van der Waals surface area (Å²) in [6.07, 6.45) is 2.34. The van der Waals surface area contributed by atoms with Gasteiger partial charge in [-0.25, -0.2) is 0 Å². The Morgan fingerprint density at radius 3 is 2.57 bits per heavy atom. The maximum atomic E-state index is 11.2. The highest BCUT2D eigenvalue weighted by Gasteiger charge is 2.15. The second kappa shape index (κ2) is 4.28. The predicted molar refractivity (Wildman–Crippen MR) is 55.3 cm³/mol. The Kier molecular flexibility index (Phi) is 3.30. The van der Waals surface area contributed by atoms with Gasteiger partial charge >= 0.3 is 0 Å². The molecule has 1 aromatic carbocycles. The van der Waals surface area contributed by atoms with Crippen LogP contribution in [-0.2, 0) is 0 Å². The van der Waals surface area contributed by atoms with E-state index in [2.05, 4.69) is 0 Å². The Balaban J connectivity index is 3.46. The first-order valence-corrected chi connectivity index (χ1v) is 5.20. The lowest BCUT2D eigenvalue weighted by atomic mass is 10.1. The third-order valence-corrected chi connectivity index (χ3v) is 2.65. The third-order valence-electron chi connectivity index (χ3n) is 1.87. The molecule has 14 heavy (non-hydrogen) atoms. The van der Waals surface area contributed by atoms with Gasteiger partial charge in [-0.3, -0.25) is 9.59 Å². The van der Waals surface area contributed by atoms with Gasteiger partial charge in [-0.2, -0.15) is 0 Å². The molecule has 0 bridgehead atoms. The fourth-order valence-corrected chi connectivity index (χ4v) is 1.84. The van der Waals surface area contributed by atoms with E-state index in [4.69, 9.17) is 0 Å². The van der Waals surface area contributed by atoms with Gasteiger partial charge in [-0.05, 0) is 25.3 Å². The molecule has 0 amide bonds. The number of rotatable bonds is 3. The molecule has 0 spiro atoms. The Hall–Kier alpha value is -1.29. The molecule has 0 aliphatic carbocycles. The molecule has 0 radical (unpaired) electrons. The van der Waals surface area contributed by atoms with Crippen molar-refractivity contribution < 1.29 is 14.7 Å². The fourth-order valence-electron chi connectivity index (χ4n) is 1.19. The van der Waals surface area contributed by atoms with Gasteiger partial charge in [-0.15, -0.1) is 11.8 Å². The number of phenolic OH excluding ortho intramolecular Hbond substituents is 1. The molecule has 1 aromatic rings. The van der Waals surface area contributed by atoms with Crippen LogP contribution in [-0.4, -0.2) is 23.4 Å². The molecule has 0 aliphatic heterocycles. The minimum Gasteiger partial charge on any atom is -0.506 e. The lowest BCUT2D eigenvalue weighted by molar-refractivity contribution is 0.101. The van der Waals surface area contributed by atoms with Crippen LogP contribution in [0.4, 0.5) is 0 Å². The van der Waals surface area contributed by atoms with Gasteiger partial charge < -0.3 is 5.11 Å². The minimum atomic E-state index is -0.240. The van der Waals surface area contributed by atoms with Crippen LogP contribution in [0.3, 0.4) is 0 Å². The summed E-state index contributed by atoms with van der Waals surface area (Å²) in [5, 5.41) is 9.61. The van der Waals surface area contributed by atoms with Crippen molar-refractivity contribution in [2.75, 3.05) is 6.26 Å². The molecule has 3 nitrogen and oxygen atoms in total. The van der Waals surface area contributed by atoms with Crippen LogP contribution in [0.1, 0.15) is 27.6 Å². The number of carbonyl (C=O) groups is 2. The maximum absolute atomic E-state index is 11.2. The summed E-state index contributed by atoms with van der Waals surface area (Å²) in [6.45, 7) is 1.36. The second-order valence-corrected chi connectivity index (χ2v) is 3.60. The number of carbonyl (C=O) groups excluding carboxylic acids is 2. The van der Waals surface area contributed by atoms with Crippen LogP contribution in [0.2, 0.25) is 0 Å². The average molecular weight is 210 g/mol. The van der Waals surface area contributed by atoms with E-state index in [1.807, 2.05) is 6.26 Å². The molecule has 0 saturated heterocycles. The van der Waals surface area contributed by atoms with Gasteiger partial charge in [0, 0.05) is 4.90 Å². The monoisotopic (exact) mass is 210 g/mol. The number of hydrogen-bond acceptors (Lipinski definition) is 4. The fraction of sp³-hybridized carbons (Fsp3) is 0.200. The zero-order valence-electron chi connectivity index (χ0n) is 7.90. The molecule has 0 aromatic heterocycles. The molecule has 0 heterocycles. The Bertz CT molecular complexity index is 385. The molecule has 1 rings (SSSR count). The Morgan fingerprint density at radius 2 is 2.14 bits per heavy atom. The molecule has 0 atom stereocenters. The van der Waals surface area contributed by atoms with Crippen LogP contribution >= 0.6 is 11.8 Å². The molecule has 4 heteroatoms. The molecule has 0 fully saturated rings. The number of ketones is 1. The first kappa shape index (κ1) is 10.8. The van der Waals surface area contributed by atoms with E-state index in [-0.39, 0.29) is 22.7 Å². The van der Waals surface area contributed by atoms with E-state index in [0.29, 0.717) is 11.2 Å². The molecule has 0 aliphatic rings. The highest BCUT2D eigenvalue weighted by molar-refractivity contribution is 7.98. The Labute approximate surface area is 86.1 Å². The van der Waals surface area contributed by atoms with Gasteiger partial charge in [-0.1, -0.05) is 0 Å². The molecule has 1 N–H and O–H groups in total. The highest BCUT2D eigenvalue weighted by Crippen LogP contribution is 2.30. The zero-order chi connectivity index (χ0) is 10.7. The predicted octanol–water partition coefficient (Wildman–Crippen LogP) is 2.13. The largest absolute Gasteiger partial charge is 0.506 e. The van der Waals surface area contributed by atoms with Crippen LogP contribution in [0.15, 0.2) is 17.0 Å². The topological polar surface area (TPSA) is 54.4 Å². The summed E-state index contributed by atoms with van der Waals surface area (Å²) in [5.74, 6) is -0.463. The number of benzene rings is 1. The van der Waals surface area contributed by atoms with Gasteiger partial charge in [0.25, 0.3) is 0 Å². The first-order valence-electron chi connectivity index (χ1n) is 3.98. The SMILES string of the molecule is CSc1ccc(C=O)c(O)c1C(C)=O. The number of Topliss-reactive ketones (excluding diaryl/α,β-unsaturated/α-hetero) is 1.